The first-order valence-electron chi connectivity index (χ1n) is 24.5. The second kappa shape index (κ2) is 18.3. The van der Waals surface area contributed by atoms with Gasteiger partial charge in [0, 0.05) is 0 Å². The number of ether oxygens (including phenoxy) is 8. The van der Waals surface area contributed by atoms with Crippen molar-refractivity contribution in [3.63, 3.8) is 0 Å². The van der Waals surface area contributed by atoms with Crippen molar-refractivity contribution in [2.45, 2.75) is 205 Å². The molecule has 3 heterocycles. The summed E-state index contributed by atoms with van der Waals surface area (Å²) in [7, 11) is 2.63. The van der Waals surface area contributed by atoms with Gasteiger partial charge in [-0.05, 0) is 109 Å². The van der Waals surface area contributed by atoms with E-state index in [9.17, 15) is 50.4 Å². The highest BCUT2D eigenvalue weighted by Crippen LogP contribution is 2.76. The van der Waals surface area contributed by atoms with Crippen molar-refractivity contribution in [1.29, 1.82) is 0 Å². The van der Waals surface area contributed by atoms with Gasteiger partial charge in [0.15, 0.2) is 25.0 Å². The van der Waals surface area contributed by atoms with Crippen LogP contribution in [0, 0.1) is 50.2 Å². The molecule has 0 aromatic heterocycles. The Morgan fingerprint density at radius 1 is 0.642 bits per heavy atom. The molecule has 67 heavy (non-hydrogen) atoms. The summed E-state index contributed by atoms with van der Waals surface area (Å²) in [6.45, 7) is 14.9. The summed E-state index contributed by atoms with van der Waals surface area (Å²) in [4.78, 5) is 27.3. The van der Waals surface area contributed by atoms with Crippen LogP contribution >= 0.6 is 0 Å². The number of esters is 2. The van der Waals surface area contributed by atoms with E-state index in [0.29, 0.717) is 12.3 Å². The number of hydrogen-bond donors (Lipinski definition) is 8. The van der Waals surface area contributed by atoms with E-state index in [1.165, 1.54) is 12.7 Å². The number of aliphatic hydroxyl groups is 8. The standard InChI is InChI=1S/C49H78O18/c1-44(2)16-18-49(43(59)61-9)19-17-47(6)23(24(49)20-44)10-11-28-46(5)14-13-29(45(3,4)27(46)12-15-48(28,47)7)64-42-37(66-41-34(56)32(54)30(52)25(21-50)62-41)35(57)36(38(67-42)39(58)60-8)65-40-33(55)31(53)26(22-51)63-40/h10,24-38,40-42,50-57H,11-22H2,1-9H3. The van der Waals surface area contributed by atoms with Gasteiger partial charge in [0.1, 0.15) is 61.0 Å². The van der Waals surface area contributed by atoms with E-state index in [1.54, 1.807) is 0 Å². The number of hydrogen-bond acceptors (Lipinski definition) is 18. The molecule has 382 valence electrons. The third-order valence-corrected chi connectivity index (χ3v) is 19.3. The van der Waals surface area contributed by atoms with Gasteiger partial charge in [0.2, 0.25) is 0 Å². The topological polar surface area (TPSA) is 270 Å². The maximum Gasteiger partial charge on any atom is 0.337 e. The fraction of sp³-hybridized carbons (Fsp3) is 0.918. The number of carbonyl (C=O) groups is 2. The Morgan fingerprint density at radius 3 is 1.85 bits per heavy atom. The zero-order chi connectivity index (χ0) is 49.0. The van der Waals surface area contributed by atoms with Crippen molar-refractivity contribution in [1.82, 2.24) is 0 Å². The van der Waals surface area contributed by atoms with E-state index in [0.717, 1.165) is 64.9 Å². The number of methoxy groups -OCH3 is 2. The fourth-order valence-electron chi connectivity index (χ4n) is 15.2. The van der Waals surface area contributed by atoms with Gasteiger partial charge in [-0.3, -0.25) is 4.79 Å². The smallest absolute Gasteiger partial charge is 0.337 e. The van der Waals surface area contributed by atoms with Gasteiger partial charge in [-0.1, -0.05) is 60.1 Å². The highest BCUT2D eigenvalue weighted by atomic mass is 16.8. The number of allylic oxidation sites excluding steroid dienone is 2. The molecule has 3 saturated heterocycles. The van der Waals surface area contributed by atoms with Gasteiger partial charge in [-0.15, -0.1) is 0 Å². The average Bonchev–Trinajstić information content (AvgIpc) is 3.56. The molecule has 18 nitrogen and oxygen atoms in total. The predicted octanol–water partition coefficient (Wildman–Crippen LogP) is 1.61. The van der Waals surface area contributed by atoms with Gasteiger partial charge in [-0.25, -0.2) is 4.79 Å². The zero-order valence-electron chi connectivity index (χ0n) is 40.6. The molecule has 5 aliphatic carbocycles. The normalized spacial score (nSPS) is 51.3. The van der Waals surface area contributed by atoms with E-state index in [1.807, 2.05) is 0 Å². The van der Waals surface area contributed by atoms with Gasteiger partial charge in [0.05, 0.1) is 39.0 Å². The Labute approximate surface area is 393 Å². The van der Waals surface area contributed by atoms with Crippen LogP contribution in [0.4, 0.5) is 0 Å². The first-order valence-corrected chi connectivity index (χ1v) is 24.5. The third kappa shape index (κ3) is 8.07. The summed E-state index contributed by atoms with van der Waals surface area (Å²) < 4.78 is 47.3. The van der Waals surface area contributed by atoms with Gasteiger partial charge < -0.3 is 78.7 Å². The minimum absolute atomic E-state index is 0.0660. The van der Waals surface area contributed by atoms with E-state index in [2.05, 4.69) is 54.5 Å². The monoisotopic (exact) mass is 955 g/mol. The van der Waals surface area contributed by atoms with Crippen molar-refractivity contribution in [3.8, 4) is 0 Å². The molecule has 7 fully saturated rings. The number of aliphatic hydroxyl groups excluding tert-OH is 8. The summed E-state index contributed by atoms with van der Waals surface area (Å²) in [5.74, 6) is -0.496. The van der Waals surface area contributed by atoms with Gasteiger partial charge in [0.25, 0.3) is 0 Å². The summed E-state index contributed by atoms with van der Waals surface area (Å²) in [5.41, 5.74) is 0.162. The van der Waals surface area contributed by atoms with Crippen LogP contribution in [-0.4, -0.2) is 172 Å². The minimum Gasteiger partial charge on any atom is -0.469 e. The van der Waals surface area contributed by atoms with Gasteiger partial charge in [-0.2, -0.15) is 0 Å². The maximum absolute atomic E-state index is 13.8. The van der Waals surface area contributed by atoms with Crippen molar-refractivity contribution >= 4 is 11.9 Å². The first-order chi connectivity index (χ1) is 31.4. The highest BCUT2D eigenvalue weighted by Gasteiger charge is 2.70. The Hall–Kier alpha value is -1.88. The molecule has 8 rings (SSSR count). The van der Waals surface area contributed by atoms with Crippen LogP contribution in [0.1, 0.15) is 113 Å². The first kappa shape index (κ1) is 51.5. The Bertz CT molecular complexity index is 1860. The van der Waals surface area contributed by atoms with E-state index < -0.39 is 122 Å². The fourth-order valence-corrected chi connectivity index (χ4v) is 15.2. The molecule has 18 heteroatoms. The molecule has 0 amide bonds. The van der Waals surface area contributed by atoms with E-state index in [4.69, 9.17) is 37.9 Å². The molecule has 22 atom stereocenters. The van der Waals surface area contributed by atoms with Crippen LogP contribution in [0.15, 0.2) is 11.6 Å². The van der Waals surface area contributed by atoms with Crippen molar-refractivity contribution in [2.24, 2.45) is 50.2 Å². The second-order valence-corrected chi connectivity index (χ2v) is 23.4. The Kier molecular flexibility index (Phi) is 14.1. The molecular weight excluding hydrogens is 877 g/mol. The molecule has 0 spiro atoms. The van der Waals surface area contributed by atoms with Crippen LogP contribution in [0.5, 0.6) is 0 Å². The summed E-state index contributed by atoms with van der Waals surface area (Å²) in [6.07, 6.45) is -12.8. The lowest BCUT2D eigenvalue weighted by Gasteiger charge is -2.71. The number of fused-ring (bicyclic) bond motifs is 7. The van der Waals surface area contributed by atoms with Crippen LogP contribution in [-0.2, 0) is 47.5 Å². The predicted molar refractivity (Wildman–Crippen MR) is 234 cm³/mol. The highest BCUT2D eigenvalue weighted by molar-refractivity contribution is 5.78. The molecule has 0 aromatic carbocycles. The molecular formula is C49H78O18. The molecule has 0 bridgehead atoms. The average molecular weight is 955 g/mol. The largest absolute Gasteiger partial charge is 0.469 e. The molecule has 8 aliphatic rings. The molecule has 4 saturated carbocycles. The SMILES string of the molecule is COC(=O)C1OC(OC2CCC3(C)C(CCC4(C)C3CC=C3C5CC(C)(C)CCC5(C(=O)OC)CCC34C)C2(C)C)C(OC2OC(CO)C(O)C(O)C2O)C(O)C1OC1OC(CO)C(O)C1O. The minimum atomic E-state index is -1.89. The molecule has 8 N–H and O–H groups in total. The van der Waals surface area contributed by atoms with Crippen molar-refractivity contribution < 1.29 is 88.3 Å². The van der Waals surface area contributed by atoms with Crippen LogP contribution in [0.25, 0.3) is 0 Å². The van der Waals surface area contributed by atoms with Crippen LogP contribution < -0.4 is 0 Å². The van der Waals surface area contributed by atoms with E-state index >= 15 is 0 Å². The molecule has 0 aromatic rings. The lowest BCUT2D eigenvalue weighted by Crippen LogP contribution is -2.68. The van der Waals surface area contributed by atoms with Gasteiger partial charge >= 0.3 is 11.9 Å². The second-order valence-electron chi connectivity index (χ2n) is 23.4. The molecule has 0 radical (unpaired) electrons. The Morgan fingerprint density at radius 2 is 1.24 bits per heavy atom. The Balaban J connectivity index is 1.09. The molecule has 3 aliphatic heterocycles. The molecule has 22 unspecified atom stereocenters. The van der Waals surface area contributed by atoms with Crippen molar-refractivity contribution in [2.75, 3.05) is 27.4 Å². The number of carbonyl (C=O) groups excluding carboxylic acids is 2. The van der Waals surface area contributed by atoms with Crippen LogP contribution in [0.2, 0.25) is 0 Å². The van der Waals surface area contributed by atoms with Crippen molar-refractivity contribution in [3.05, 3.63) is 11.6 Å². The summed E-state index contributed by atoms with van der Waals surface area (Å²) in [6, 6.07) is 0. The van der Waals surface area contributed by atoms with E-state index in [-0.39, 0.29) is 39.5 Å². The third-order valence-electron chi connectivity index (χ3n) is 19.3. The summed E-state index contributed by atoms with van der Waals surface area (Å²) in [5, 5.41) is 85.5. The maximum atomic E-state index is 13.8. The zero-order valence-corrected chi connectivity index (χ0v) is 40.6. The quantitative estimate of drug-likeness (QED) is 0.0878. The number of rotatable bonds is 10. The van der Waals surface area contributed by atoms with Crippen LogP contribution in [0.3, 0.4) is 0 Å². The lowest BCUT2D eigenvalue weighted by atomic mass is 9.33. The summed E-state index contributed by atoms with van der Waals surface area (Å²) >= 11 is 0. The lowest BCUT2D eigenvalue weighted by molar-refractivity contribution is -0.383.